The Kier molecular flexibility index (Phi) is 4.21. The summed E-state index contributed by atoms with van der Waals surface area (Å²) in [6, 6.07) is 12.5. The van der Waals surface area contributed by atoms with Gasteiger partial charge in [0.15, 0.2) is 0 Å². The van der Waals surface area contributed by atoms with E-state index < -0.39 is 6.10 Å². The minimum absolute atomic E-state index is 0.109. The van der Waals surface area contributed by atoms with E-state index in [2.05, 4.69) is 0 Å². The van der Waals surface area contributed by atoms with Gasteiger partial charge in [-0.1, -0.05) is 6.07 Å². The highest BCUT2D eigenvalue weighted by Gasteiger charge is 2.28. The van der Waals surface area contributed by atoms with E-state index in [1.807, 2.05) is 6.07 Å². The minimum Gasteiger partial charge on any atom is -0.497 e. The third-order valence-electron chi connectivity index (χ3n) is 4.07. The monoisotopic (exact) mass is 313 g/mol. The van der Waals surface area contributed by atoms with Crippen LogP contribution in [0, 0.1) is 0 Å². The molecule has 120 valence electrons. The summed E-state index contributed by atoms with van der Waals surface area (Å²) in [7, 11) is 3.15. The number of benzene rings is 2. The Morgan fingerprint density at radius 3 is 2.61 bits per heavy atom. The predicted molar refractivity (Wildman–Crippen MR) is 87.2 cm³/mol. The summed E-state index contributed by atoms with van der Waals surface area (Å²) in [5.41, 5.74) is 1.99. The summed E-state index contributed by atoms with van der Waals surface area (Å²) in [5.74, 6) is 1.20. The lowest BCUT2D eigenvalue weighted by Gasteiger charge is -2.32. The number of hydrogen-bond donors (Lipinski definition) is 1. The number of hydrogen-bond acceptors (Lipinski definition) is 4. The van der Waals surface area contributed by atoms with Crippen molar-refractivity contribution in [2.45, 2.75) is 12.5 Å². The highest BCUT2D eigenvalue weighted by molar-refractivity contribution is 6.07. The van der Waals surface area contributed by atoms with Gasteiger partial charge >= 0.3 is 0 Å². The molecule has 0 saturated carbocycles. The first-order chi connectivity index (χ1) is 11.1. The smallest absolute Gasteiger partial charge is 0.258 e. The molecule has 0 saturated heterocycles. The normalized spacial score (nSPS) is 16.7. The zero-order valence-corrected chi connectivity index (χ0v) is 13.2. The van der Waals surface area contributed by atoms with Gasteiger partial charge in [-0.15, -0.1) is 0 Å². The van der Waals surface area contributed by atoms with Gasteiger partial charge in [0.1, 0.15) is 11.5 Å². The summed E-state index contributed by atoms with van der Waals surface area (Å²) in [6.07, 6.45) is -0.0926. The Hall–Kier alpha value is -2.53. The van der Waals surface area contributed by atoms with Gasteiger partial charge in [0.05, 0.1) is 26.0 Å². The summed E-state index contributed by atoms with van der Waals surface area (Å²) >= 11 is 0. The fourth-order valence-corrected chi connectivity index (χ4v) is 2.82. The maximum Gasteiger partial charge on any atom is 0.258 e. The van der Waals surface area contributed by atoms with Gasteiger partial charge in [-0.3, -0.25) is 4.79 Å². The molecular formula is C18H19NO4. The zero-order chi connectivity index (χ0) is 16.4. The van der Waals surface area contributed by atoms with E-state index in [9.17, 15) is 9.90 Å². The van der Waals surface area contributed by atoms with Gasteiger partial charge in [-0.05, 0) is 42.8 Å². The van der Waals surface area contributed by atoms with Crippen LogP contribution >= 0.6 is 0 Å². The van der Waals surface area contributed by atoms with E-state index in [0.717, 1.165) is 5.69 Å². The summed E-state index contributed by atoms with van der Waals surface area (Å²) in [4.78, 5) is 14.5. The predicted octanol–water partition coefficient (Wildman–Crippen LogP) is 2.79. The number of fused-ring (bicyclic) bond motifs is 1. The van der Waals surface area contributed by atoms with E-state index in [4.69, 9.17) is 9.47 Å². The molecule has 1 unspecified atom stereocenters. The lowest BCUT2D eigenvalue weighted by molar-refractivity contribution is 0.0970. The molecule has 0 aromatic heterocycles. The molecule has 1 N–H and O–H groups in total. The van der Waals surface area contributed by atoms with Gasteiger partial charge in [-0.25, -0.2) is 0 Å². The second-order valence-electron chi connectivity index (χ2n) is 5.42. The third-order valence-corrected chi connectivity index (χ3v) is 4.07. The van der Waals surface area contributed by atoms with Crippen LogP contribution in [-0.4, -0.2) is 31.8 Å². The lowest BCUT2D eigenvalue weighted by atomic mass is 9.97. The highest BCUT2D eigenvalue weighted by atomic mass is 16.5. The van der Waals surface area contributed by atoms with Crippen LogP contribution in [0.5, 0.6) is 11.5 Å². The number of aliphatic hydroxyl groups is 1. The highest BCUT2D eigenvalue weighted by Crippen LogP contribution is 2.37. The number of amides is 1. The van der Waals surface area contributed by atoms with E-state index >= 15 is 0 Å². The molecule has 0 aliphatic carbocycles. The Bertz CT molecular complexity index is 729. The summed E-state index contributed by atoms with van der Waals surface area (Å²) in [6.45, 7) is 0.469. The Morgan fingerprint density at radius 1 is 1.13 bits per heavy atom. The van der Waals surface area contributed by atoms with Crippen LogP contribution in [0.4, 0.5) is 5.69 Å². The van der Waals surface area contributed by atoms with E-state index in [-0.39, 0.29) is 5.91 Å². The van der Waals surface area contributed by atoms with Crippen molar-refractivity contribution in [2.24, 2.45) is 0 Å². The van der Waals surface area contributed by atoms with Crippen molar-refractivity contribution < 1.29 is 19.4 Å². The number of methoxy groups -OCH3 is 2. The Balaban J connectivity index is 1.98. The number of nitrogens with zero attached hydrogens (tertiary/aromatic N) is 1. The van der Waals surface area contributed by atoms with Gasteiger partial charge < -0.3 is 19.5 Å². The van der Waals surface area contributed by atoms with Crippen LogP contribution in [0.25, 0.3) is 0 Å². The van der Waals surface area contributed by atoms with Crippen LogP contribution < -0.4 is 14.4 Å². The second kappa shape index (κ2) is 6.30. The van der Waals surface area contributed by atoms with Crippen LogP contribution in [-0.2, 0) is 0 Å². The van der Waals surface area contributed by atoms with Crippen LogP contribution in [0.1, 0.15) is 28.4 Å². The van der Waals surface area contributed by atoms with Gasteiger partial charge in [0, 0.05) is 17.7 Å². The zero-order valence-electron chi connectivity index (χ0n) is 13.2. The quantitative estimate of drug-likeness (QED) is 0.946. The fraction of sp³-hybridized carbons (Fsp3) is 0.278. The molecule has 3 rings (SSSR count). The van der Waals surface area contributed by atoms with Gasteiger partial charge in [0.2, 0.25) is 0 Å². The molecule has 1 atom stereocenters. The maximum absolute atomic E-state index is 12.8. The largest absolute Gasteiger partial charge is 0.497 e. The van der Waals surface area contributed by atoms with Crippen molar-refractivity contribution in [1.82, 2.24) is 0 Å². The lowest BCUT2D eigenvalue weighted by Crippen LogP contribution is -2.36. The SMILES string of the molecule is COc1cccc(C(=O)N2CCC(O)c3cc(OC)ccc32)c1. The van der Waals surface area contributed by atoms with Crippen molar-refractivity contribution in [3.05, 3.63) is 53.6 Å². The Labute approximate surface area is 135 Å². The number of ether oxygens (including phenoxy) is 2. The number of anilines is 1. The number of carbonyl (C=O) groups excluding carboxylic acids is 1. The van der Waals surface area contributed by atoms with Gasteiger partial charge in [0.25, 0.3) is 5.91 Å². The molecule has 0 radical (unpaired) electrons. The van der Waals surface area contributed by atoms with Crippen LogP contribution in [0.2, 0.25) is 0 Å². The third kappa shape index (κ3) is 2.87. The molecule has 5 nitrogen and oxygen atoms in total. The van der Waals surface area contributed by atoms with Crippen molar-refractivity contribution in [1.29, 1.82) is 0 Å². The first-order valence-corrected chi connectivity index (χ1v) is 7.46. The molecule has 0 fully saturated rings. The maximum atomic E-state index is 12.8. The molecular weight excluding hydrogens is 294 g/mol. The molecule has 23 heavy (non-hydrogen) atoms. The standard InChI is InChI=1S/C18H19NO4/c1-22-13-5-3-4-12(10-13)18(21)19-9-8-17(20)15-11-14(23-2)6-7-16(15)19/h3-7,10-11,17,20H,8-9H2,1-2H3. The average Bonchev–Trinajstić information content (AvgIpc) is 2.61. The molecule has 2 aromatic carbocycles. The molecule has 1 amide bonds. The number of rotatable bonds is 3. The topological polar surface area (TPSA) is 59.0 Å². The molecule has 5 heteroatoms. The molecule has 1 heterocycles. The van der Waals surface area contributed by atoms with E-state index in [1.54, 1.807) is 55.5 Å². The van der Waals surface area contributed by atoms with Crippen LogP contribution in [0.15, 0.2) is 42.5 Å². The number of carbonyl (C=O) groups is 1. The molecule has 2 aromatic rings. The van der Waals surface area contributed by atoms with Crippen molar-refractivity contribution in [3.8, 4) is 11.5 Å². The molecule has 1 aliphatic rings. The molecule has 0 spiro atoms. The van der Waals surface area contributed by atoms with E-state index in [1.165, 1.54) is 0 Å². The Morgan fingerprint density at radius 2 is 1.87 bits per heavy atom. The van der Waals surface area contributed by atoms with Gasteiger partial charge in [-0.2, -0.15) is 0 Å². The summed E-state index contributed by atoms with van der Waals surface area (Å²) < 4.78 is 10.4. The first kappa shape index (κ1) is 15.4. The van der Waals surface area contributed by atoms with Crippen molar-refractivity contribution in [2.75, 3.05) is 25.7 Å². The van der Waals surface area contributed by atoms with E-state index in [0.29, 0.717) is 35.6 Å². The second-order valence-corrected chi connectivity index (χ2v) is 5.42. The van der Waals surface area contributed by atoms with Crippen molar-refractivity contribution in [3.63, 3.8) is 0 Å². The number of aliphatic hydroxyl groups excluding tert-OH is 1. The van der Waals surface area contributed by atoms with Crippen molar-refractivity contribution >= 4 is 11.6 Å². The molecule has 0 bridgehead atoms. The summed E-state index contributed by atoms with van der Waals surface area (Å²) in [5, 5.41) is 10.2. The average molecular weight is 313 g/mol. The molecule has 1 aliphatic heterocycles. The fourth-order valence-electron chi connectivity index (χ4n) is 2.82. The first-order valence-electron chi connectivity index (χ1n) is 7.46. The minimum atomic E-state index is -0.588. The van der Waals surface area contributed by atoms with Crippen LogP contribution in [0.3, 0.4) is 0 Å².